The largest absolute Gasteiger partial charge is 0.452 e. The molecule has 0 aromatic heterocycles. The van der Waals surface area contributed by atoms with Crippen LogP contribution in [0.2, 0.25) is 10.0 Å². The average Bonchev–Trinajstić information content (AvgIpc) is 2.43. The van der Waals surface area contributed by atoms with Crippen molar-refractivity contribution >= 4 is 29.2 Å². The Bertz CT molecular complexity index is 626. The number of carbonyl (C=O) groups is 1. The van der Waals surface area contributed by atoms with E-state index in [1.54, 1.807) is 49.4 Å². The first kappa shape index (κ1) is 14.7. The van der Waals surface area contributed by atoms with Gasteiger partial charge in [0.15, 0.2) is 11.5 Å². The van der Waals surface area contributed by atoms with Gasteiger partial charge in [-0.1, -0.05) is 42.3 Å². The SMILES string of the molecule is CCC(=O)Oc1ccccc1Oc1ccc(Cl)cc1Cl. The zero-order valence-corrected chi connectivity index (χ0v) is 12.2. The van der Waals surface area contributed by atoms with Crippen molar-refractivity contribution < 1.29 is 14.3 Å². The Kier molecular flexibility index (Phi) is 4.88. The van der Waals surface area contributed by atoms with Gasteiger partial charge in [-0.3, -0.25) is 4.79 Å². The van der Waals surface area contributed by atoms with Crippen LogP contribution in [-0.2, 0) is 4.79 Å². The van der Waals surface area contributed by atoms with Crippen molar-refractivity contribution in [3.63, 3.8) is 0 Å². The molecule has 0 fully saturated rings. The molecular weight excluding hydrogens is 299 g/mol. The van der Waals surface area contributed by atoms with Crippen LogP contribution in [0, 0.1) is 0 Å². The monoisotopic (exact) mass is 310 g/mol. The molecule has 0 aliphatic carbocycles. The van der Waals surface area contributed by atoms with E-state index in [1.165, 1.54) is 0 Å². The molecule has 0 radical (unpaired) electrons. The molecule has 0 atom stereocenters. The summed E-state index contributed by atoms with van der Waals surface area (Å²) in [4.78, 5) is 11.4. The first-order valence-corrected chi connectivity index (χ1v) is 6.78. The van der Waals surface area contributed by atoms with Crippen LogP contribution in [0.1, 0.15) is 13.3 Å². The van der Waals surface area contributed by atoms with Crippen molar-refractivity contribution in [2.45, 2.75) is 13.3 Å². The molecule has 0 N–H and O–H groups in total. The van der Waals surface area contributed by atoms with Crippen molar-refractivity contribution in [1.29, 1.82) is 0 Å². The Labute approximate surface area is 127 Å². The maximum atomic E-state index is 11.4. The van der Waals surface area contributed by atoms with Crippen LogP contribution in [0.25, 0.3) is 0 Å². The zero-order valence-electron chi connectivity index (χ0n) is 10.7. The maximum absolute atomic E-state index is 11.4. The van der Waals surface area contributed by atoms with Crippen LogP contribution in [-0.4, -0.2) is 5.97 Å². The summed E-state index contributed by atoms with van der Waals surface area (Å²) in [6.07, 6.45) is 0.288. The van der Waals surface area contributed by atoms with Crippen LogP contribution in [0.3, 0.4) is 0 Å². The number of rotatable bonds is 4. The summed E-state index contributed by atoms with van der Waals surface area (Å²) in [7, 11) is 0. The second kappa shape index (κ2) is 6.64. The highest BCUT2D eigenvalue weighted by Gasteiger charge is 2.11. The molecule has 0 saturated heterocycles. The van der Waals surface area contributed by atoms with Crippen LogP contribution >= 0.6 is 23.2 Å². The Hall–Kier alpha value is -1.71. The Morgan fingerprint density at radius 3 is 2.40 bits per heavy atom. The predicted molar refractivity (Wildman–Crippen MR) is 78.9 cm³/mol. The molecule has 0 unspecified atom stereocenters. The highest BCUT2D eigenvalue weighted by Crippen LogP contribution is 2.36. The minimum atomic E-state index is -0.330. The van der Waals surface area contributed by atoms with E-state index in [0.717, 1.165) is 0 Å². The van der Waals surface area contributed by atoms with E-state index in [1.807, 2.05) is 0 Å². The van der Waals surface area contributed by atoms with Crippen LogP contribution < -0.4 is 9.47 Å². The standard InChI is InChI=1S/C15H12Cl2O3/c1-2-15(18)20-14-6-4-3-5-13(14)19-12-8-7-10(16)9-11(12)17/h3-9H,2H2,1H3. The number of benzene rings is 2. The molecule has 0 spiro atoms. The Morgan fingerprint density at radius 2 is 1.75 bits per heavy atom. The molecule has 0 heterocycles. The number of carbonyl (C=O) groups excluding carboxylic acids is 1. The molecule has 0 amide bonds. The third-order valence-corrected chi connectivity index (χ3v) is 3.01. The van der Waals surface area contributed by atoms with Gasteiger partial charge in [0.05, 0.1) is 5.02 Å². The van der Waals surface area contributed by atoms with Crippen molar-refractivity contribution in [3.8, 4) is 17.2 Å². The fourth-order valence-corrected chi connectivity index (χ4v) is 1.94. The van der Waals surface area contributed by atoms with Gasteiger partial charge in [0.2, 0.25) is 0 Å². The molecule has 20 heavy (non-hydrogen) atoms. The summed E-state index contributed by atoms with van der Waals surface area (Å²) in [5, 5.41) is 0.905. The van der Waals surface area contributed by atoms with Crippen LogP contribution in [0.5, 0.6) is 17.2 Å². The normalized spacial score (nSPS) is 10.2. The van der Waals surface area contributed by atoms with E-state index in [-0.39, 0.29) is 12.4 Å². The third kappa shape index (κ3) is 3.65. The third-order valence-electron chi connectivity index (χ3n) is 2.48. The molecule has 2 aromatic rings. The summed E-state index contributed by atoms with van der Waals surface area (Å²) in [6, 6.07) is 11.8. The van der Waals surface area contributed by atoms with Gasteiger partial charge in [0.1, 0.15) is 5.75 Å². The van der Waals surface area contributed by atoms with E-state index < -0.39 is 0 Å². The van der Waals surface area contributed by atoms with Gasteiger partial charge < -0.3 is 9.47 Å². The predicted octanol–water partition coefficient (Wildman–Crippen LogP) is 5.10. The first-order valence-electron chi connectivity index (χ1n) is 6.02. The Balaban J connectivity index is 2.26. The number of hydrogen-bond donors (Lipinski definition) is 0. The molecule has 0 aliphatic heterocycles. The van der Waals surface area contributed by atoms with Crippen LogP contribution in [0.4, 0.5) is 0 Å². The second-order valence-electron chi connectivity index (χ2n) is 3.95. The number of para-hydroxylation sites is 2. The van der Waals surface area contributed by atoms with Crippen molar-refractivity contribution in [2.75, 3.05) is 0 Å². The van der Waals surface area contributed by atoms with Crippen molar-refractivity contribution in [2.24, 2.45) is 0 Å². The van der Waals surface area contributed by atoms with E-state index in [9.17, 15) is 4.79 Å². The van der Waals surface area contributed by atoms with Gasteiger partial charge in [0, 0.05) is 11.4 Å². The minimum Gasteiger partial charge on any atom is -0.452 e. The number of halogens is 2. The van der Waals surface area contributed by atoms with Gasteiger partial charge in [-0.2, -0.15) is 0 Å². The van der Waals surface area contributed by atoms with E-state index >= 15 is 0 Å². The molecular formula is C15H12Cl2O3. The fourth-order valence-electron chi connectivity index (χ4n) is 1.49. The highest BCUT2D eigenvalue weighted by atomic mass is 35.5. The number of hydrogen-bond acceptors (Lipinski definition) is 3. The molecule has 2 rings (SSSR count). The highest BCUT2D eigenvalue weighted by molar-refractivity contribution is 6.35. The molecule has 0 aliphatic rings. The van der Waals surface area contributed by atoms with Crippen molar-refractivity contribution in [1.82, 2.24) is 0 Å². The lowest BCUT2D eigenvalue weighted by Crippen LogP contribution is -2.06. The minimum absolute atomic E-state index is 0.288. The topological polar surface area (TPSA) is 35.5 Å². The molecule has 2 aromatic carbocycles. The summed E-state index contributed by atoms with van der Waals surface area (Å²) in [6.45, 7) is 1.72. The fraction of sp³-hybridized carbons (Fsp3) is 0.133. The molecule has 5 heteroatoms. The summed E-state index contributed by atoms with van der Waals surface area (Å²) < 4.78 is 10.9. The quantitative estimate of drug-likeness (QED) is 0.582. The molecule has 0 bridgehead atoms. The van der Waals surface area contributed by atoms with Gasteiger partial charge >= 0.3 is 5.97 Å². The summed E-state index contributed by atoms with van der Waals surface area (Å²) >= 11 is 11.9. The molecule has 3 nitrogen and oxygen atoms in total. The average molecular weight is 311 g/mol. The van der Waals surface area contributed by atoms with Gasteiger partial charge in [-0.25, -0.2) is 0 Å². The van der Waals surface area contributed by atoms with Crippen molar-refractivity contribution in [3.05, 3.63) is 52.5 Å². The smallest absolute Gasteiger partial charge is 0.311 e. The lowest BCUT2D eigenvalue weighted by Gasteiger charge is -2.11. The first-order chi connectivity index (χ1) is 9.60. The molecule has 0 saturated carbocycles. The van der Waals surface area contributed by atoms with Gasteiger partial charge in [-0.15, -0.1) is 0 Å². The summed E-state index contributed by atoms with van der Waals surface area (Å²) in [5.74, 6) is 0.878. The maximum Gasteiger partial charge on any atom is 0.311 e. The zero-order chi connectivity index (χ0) is 14.5. The second-order valence-corrected chi connectivity index (χ2v) is 4.79. The number of esters is 1. The van der Waals surface area contributed by atoms with Crippen LogP contribution in [0.15, 0.2) is 42.5 Å². The summed E-state index contributed by atoms with van der Waals surface area (Å²) in [5.41, 5.74) is 0. The van der Waals surface area contributed by atoms with E-state index in [4.69, 9.17) is 32.7 Å². The van der Waals surface area contributed by atoms with Gasteiger partial charge in [0.25, 0.3) is 0 Å². The molecule has 104 valence electrons. The Morgan fingerprint density at radius 1 is 1.05 bits per heavy atom. The number of ether oxygens (including phenoxy) is 2. The van der Waals surface area contributed by atoms with E-state index in [0.29, 0.717) is 27.3 Å². The lowest BCUT2D eigenvalue weighted by molar-refractivity contribution is -0.134. The van der Waals surface area contributed by atoms with Gasteiger partial charge in [-0.05, 0) is 30.3 Å². The van der Waals surface area contributed by atoms with E-state index in [2.05, 4.69) is 0 Å². The lowest BCUT2D eigenvalue weighted by atomic mass is 10.3.